The quantitative estimate of drug-likeness (QED) is 0.738. The van der Waals surface area contributed by atoms with Gasteiger partial charge in [0.1, 0.15) is 0 Å². The summed E-state index contributed by atoms with van der Waals surface area (Å²) in [6, 6.07) is 11.0. The third-order valence-electron chi connectivity index (χ3n) is 3.71. The van der Waals surface area contributed by atoms with Crippen LogP contribution in [0.1, 0.15) is 37.7 Å². The average Bonchev–Trinajstić information content (AvgIpc) is 2.96. The van der Waals surface area contributed by atoms with Gasteiger partial charge in [0.2, 0.25) is 5.91 Å². The first-order valence-electron chi connectivity index (χ1n) is 7.38. The van der Waals surface area contributed by atoms with Crippen molar-refractivity contribution in [2.45, 2.75) is 44.6 Å². The largest absolute Gasteiger partial charge is 0.355 e. The fraction of sp³-hybridized carbons (Fsp3) is 0.562. The molecule has 1 fully saturated rings. The molecule has 2 N–H and O–H groups in total. The van der Waals surface area contributed by atoms with Crippen LogP contribution in [0.2, 0.25) is 0 Å². The summed E-state index contributed by atoms with van der Waals surface area (Å²) >= 11 is 0. The van der Waals surface area contributed by atoms with Crippen molar-refractivity contribution in [1.82, 2.24) is 10.6 Å². The SMILES string of the molecule is O=C(CNC1CCCC1)NCCCc1ccccc1. The molecule has 3 heteroatoms. The molecule has 0 spiro atoms. The number of carbonyl (C=O) groups is 1. The maximum absolute atomic E-state index is 11.6. The van der Waals surface area contributed by atoms with Gasteiger partial charge >= 0.3 is 0 Å². The van der Waals surface area contributed by atoms with Crippen LogP contribution in [-0.4, -0.2) is 25.0 Å². The van der Waals surface area contributed by atoms with Crippen LogP contribution in [0.15, 0.2) is 30.3 Å². The van der Waals surface area contributed by atoms with E-state index >= 15 is 0 Å². The summed E-state index contributed by atoms with van der Waals surface area (Å²) < 4.78 is 0. The molecule has 0 aromatic heterocycles. The molecule has 0 atom stereocenters. The monoisotopic (exact) mass is 260 g/mol. The summed E-state index contributed by atoms with van der Waals surface area (Å²) in [7, 11) is 0. The van der Waals surface area contributed by atoms with E-state index in [1.807, 2.05) is 6.07 Å². The van der Waals surface area contributed by atoms with E-state index in [2.05, 4.69) is 34.9 Å². The molecular weight excluding hydrogens is 236 g/mol. The van der Waals surface area contributed by atoms with Gasteiger partial charge in [0.15, 0.2) is 0 Å². The number of hydrogen-bond donors (Lipinski definition) is 2. The summed E-state index contributed by atoms with van der Waals surface area (Å²) in [5.41, 5.74) is 1.33. The fourth-order valence-electron chi connectivity index (χ4n) is 2.59. The Kier molecular flexibility index (Phi) is 5.89. The Bertz CT molecular complexity index is 372. The smallest absolute Gasteiger partial charge is 0.233 e. The van der Waals surface area contributed by atoms with Gasteiger partial charge in [-0.25, -0.2) is 0 Å². The molecule has 1 amide bonds. The number of amides is 1. The van der Waals surface area contributed by atoms with Crippen molar-refractivity contribution in [3.63, 3.8) is 0 Å². The van der Waals surface area contributed by atoms with Crippen molar-refractivity contribution in [2.24, 2.45) is 0 Å². The van der Waals surface area contributed by atoms with Crippen LogP contribution in [-0.2, 0) is 11.2 Å². The summed E-state index contributed by atoms with van der Waals surface area (Å²) in [4.78, 5) is 11.6. The van der Waals surface area contributed by atoms with Crippen molar-refractivity contribution in [3.05, 3.63) is 35.9 Å². The first-order valence-corrected chi connectivity index (χ1v) is 7.38. The number of nitrogens with one attached hydrogen (secondary N) is 2. The molecule has 2 rings (SSSR count). The highest BCUT2D eigenvalue weighted by atomic mass is 16.1. The number of rotatable bonds is 7. The molecule has 3 nitrogen and oxygen atoms in total. The van der Waals surface area contributed by atoms with Crippen LogP contribution in [0, 0.1) is 0 Å². The lowest BCUT2D eigenvalue weighted by Crippen LogP contribution is -2.38. The molecule has 0 aliphatic heterocycles. The molecule has 0 heterocycles. The topological polar surface area (TPSA) is 41.1 Å². The molecule has 19 heavy (non-hydrogen) atoms. The number of aryl methyl sites for hydroxylation is 1. The van der Waals surface area contributed by atoms with Crippen LogP contribution < -0.4 is 10.6 Å². The van der Waals surface area contributed by atoms with Gasteiger partial charge < -0.3 is 10.6 Å². The zero-order chi connectivity index (χ0) is 13.3. The van der Waals surface area contributed by atoms with Crippen molar-refractivity contribution in [2.75, 3.05) is 13.1 Å². The zero-order valence-electron chi connectivity index (χ0n) is 11.5. The first kappa shape index (κ1) is 14.1. The van der Waals surface area contributed by atoms with Gasteiger partial charge in [-0.2, -0.15) is 0 Å². The molecule has 1 saturated carbocycles. The van der Waals surface area contributed by atoms with E-state index in [9.17, 15) is 4.79 Å². The molecule has 0 saturated heterocycles. The average molecular weight is 260 g/mol. The Morgan fingerprint density at radius 3 is 2.63 bits per heavy atom. The summed E-state index contributed by atoms with van der Waals surface area (Å²) in [5.74, 6) is 0.125. The third kappa shape index (κ3) is 5.43. The first-order chi connectivity index (χ1) is 9.34. The van der Waals surface area contributed by atoms with Gasteiger partial charge in [0.25, 0.3) is 0 Å². The minimum absolute atomic E-state index is 0.125. The summed E-state index contributed by atoms with van der Waals surface area (Å²) in [5, 5.41) is 6.30. The van der Waals surface area contributed by atoms with E-state index in [0.29, 0.717) is 12.6 Å². The molecule has 1 aromatic carbocycles. The maximum atomic E-state index is 11.6. The molecule has 1 aromatic rings. The number of carbonyl (C=O) groups excluding carboxylic acids is 1. The van der Waals surface area contributed by atoms with Gasteiger partial charge in [-0.15, -0.1) is 0 Å². The molecule has 0 bridgehead atoms. The Hall–Kier alpha value is -1.35. The van der Waals surface area contributed by atoms with Crippen LogP contribution >= 0.6 is 0 Å². The van der Waals surface area contributed by atoms with Crippen molar-refractivity contribution < 1.29 is 4.79 Å². The van der Waals surface area contributed by atoms with Gasteiger partial charge in [-0.1, -0.05) is 43.2 Å². The van der Waals surface area contributed by atoms with E-state index in [0.717, 1.165) is 19.4 Å². The molecular formula is C16H24N2O. The predicted molar refractivity (Wildman–Crippen MR) is 78.0 cm³/mol. The van der Waals surface area contributed by atoms with Gasteiger partial charge in [-0.05, 0) is 31.2 Å². The molecule has 104 valence electrons. The minimum atomic E-state index is 0.125. The van der Waals surface area contributed by atoms with Crippen molar-refractivity contribution >= 4 is 5.91 Å². The molecule has 0 radical (unpaired) electrons. The van der Waals surface area contributed by atoms with Crippen molar-refractivity contribution in [1.29, 1.82) is 0 Å². The molecule has 1 aliphatic rings. The fourth-order valence-corrected chi connectivity index (χ4v) is 2.59. The van der Waals surface area contributed by atoms with Crippen LogP contribution in [0.4, 0.5) is 0 Å². The second kappa shape index (κ2) is 7.95. The second-order valence-electron chi connectivity index (χ2n) is 5.30. The standard InChI is InChI=1S/C16H24N2O/c19-16(13-18-15-10-4-5-11-15)17-12-6-9-14-7-2-1-3-8-14/h1-3,7-8,15,18H,4-6,9-13H2,(H,17,19). The van der Waals surface area contributed by atoms with E-state index in [1.165, 1.54) is 31.2 Å². The van der Waals surface area contributed by atoms with Crippen LogP contribution in [0.25, 0.3) is 0 Å². The zero-order valence-corrected chi connectivity index (χ0v) is 11.5. The van der Waals surface area contributed by atoms with E-state index in [-0.39, 0.29) is 5.91 Å². The van der Waals surface area contributed by atoms with E-state index in [4.69, 9.17) is 0 Å². The molecule has 0 unspecified atom stereocenters. The minimum Gasteiger partial charge on any atom is -0.355 e. The number of hydrogen-bond acceptors (Lipinski definition) is 2. The molecule has 1 aliphatic carbocycles. The van der Waals surface area contributed by atoms with E-state index in [1.54, 1.807) is 0 Å². The Morgan fingerprint density at radius 2 is 1.89 bits per heavy atom. The van der Waals surface area contributed by atoms with Gasteiger partial charge in [-0.3, -0.25) is 4.79 Å². The second-order valence-corrected chi connectivity index (χ2v) is 5.30. The lowest BCUT2D eigenvalue weighted by Gasteiger charge is -2.11. The predicted octanol–water partition coefficient (Wildman–Crippen LogP) is 2.27. The Morgan fingerprint density at radius 1 is 1.16 bits per heavy atom. The van der Waals surface area contributed by atoms with E-state index < -0.39 is 0 Å². The Labute approximate surface area is 115 Å². The lowest BCUT2D eigenvalue weighted by atomic mass is 10.1. The van der Waals surface area contributed by atoms with Crippen molar-refractivity contribution in [3.8, 4) is 0 Å². The maximum Gasteiger partial charge on any atom is 0.233 e. The Balaban J connectivity index is 1.51. The van der Waals surface area contributed by atoms with Crippen LogP contribution in [0.5, 0.6) is 0 Å². The summed E-state index contributed by atoms with van der Waals surface area (Å²) in [6.07, 6.45) is 7.08. The normalized spacial score (nSPS) is 15.6. The highest BCUT2D eigenvalue weighted by Gasteiger charge is 2.14. The number of benzene rings is 1. The van der Waals surface area contributed by atoms with Gasteiger partial charge in [0.05, 0.1) is 6.54 Å². The highest BCUT2D eigenvalue weighted by molar-refractivity contribution is 5.77. The highest BCUT2D eigenvalue weighted by Crippen LogP contribution is 2.17. The van der Waals surface area contributed by atoms with Crippen LogP contribution in [0.3, 0.4) is 0 Å². The third-order valence-corrected chi connectivity index (χ3v) is 3.71. The van der Waals surface area contributed by atoms with Gasteiger partial charge in [0, 0.05) is 12.6 Å². The lowest BCUT2D eigenvalue weighted by molar-refractivity contribution is -0.120. The summed E-state index contributed by atoms with van der Waals surface area (Å²) in [6.45, 7) is 1.23.